The lowest BCUT2D eigenvalue weighted by atomic mass is 9.86. The van der Waals surface area contributed by atoms with Crippen molar-refractivity contribution in [1.82, 2.24) is 10.1 Å². The fourth-order valence-corrected chi connectivity index (χ4v) is 2.83. The molecule has 7 nitrogen and oxygen atoms in total. The first-order valence-electron chi connectivity index (χ1n) is 9.91. The van der Waals surface area contributed by atoms with E-state index in [9.17, 15) is 9.59 Å². The molecule has 0 unspecified atom stereocenters. The average Bonchev–Trinajstić information content (AvgIpc) is 3.07. The molecule has 1 aromatic carbocycles. The predicted octanol–water partition coefficient (Wildman–Crippen LogP) is 3.79. The molecule has 0 bridgehead atoms. The maximum absolute atomic E-state index is 13.0. The van der Waals surface area contributed by atoms with E-state index >= 15 is 0 Å². The Morgan fingerprint density at radius 3 is 2.45 bits per heavy atom. The number of benzene rings is 1. The SMILES string of the molecule is CCOCCCN(CC(=O)Nc1cc(C)on1)C(=O)c1ccc(C(C)(C)C)cc1. The van der Waals surface area contributed by atoms with Gasteiger partial charge in [-0.25, -0.2) is 0 Å². The van der Waals surface area contributed by atoms with E-state index in [1.54, 1.807) is 13.0 Å². The molecular weight excluding hydrogens is 370 g/mol. The maximum Gasteiger partial charge on any atom is 0.254 e. The molecule has 0 aliphatic carbocycles. The van der Waals surface area contributed by atoms with Crippen molar-refractivity contribution in [3.05, 3.63) is 47.2 Å². The van der Waals surface area contributed by atoms with Crippen LogP contribution in [0.2, 0.25) is 0 Å². The van der Waals surface area contributed by atoms with E-state index in [-0.39, 0.29) is 23.8 Å². The monoisotopic (exact) mass is 401 g/mol. The van der Waals surface area contributed by atoms with Crippen LogP contribution in [-0.4, -0.2) is 48.2 Å². The summed E-state index contributed by atoms with van der Waals surface area (Å²) >= 11 is 0. The molecule has 0 atom stereocenters. The van der Waals surface area contributed by atoms with E-state index in [1.807, 2.05) is 31.2 Å². The van der Waals surface area contributed by atoms with Crippen LogP contribution in [0.15, 0.2) is 34.9 Å². The highest BCUT2D eigenvalue weighted by molar-refractivity contribution is 5.99. The second-order valence-corrected chi connectivity index (χ2v) is 7.98. The van der Waals surface area contributed by atoms with Gasteiger partial charge in [0.1, 0.15) is 12.3 Å². The minimum atomic E-state index is -0.325. The van der Waals surface area contributed by atoms with Crippen molar-refractivity contribution in [1.29, 1.82) is 0 Å². The van der Waals surface area contributed by atoms with Gasteiger partial charge in [-0.15, -0.1) is 0 Å². The Morgan fingerprint density at radius 1 is 1.21 bits per heavy atom. The van der Waals surface area contributed by atoms with E-state index in [1.165, 1.54) is 4.90 Å². The number of hydrogen-bond donors (Lipinski definition) is 1. The molecule has 7 heteroatoms. The Bertz CT molecular complexity index is 806. The Kier molecular flexibility index (Phi) is 7.96. The van der Waals surface area contributed by atoms with Crippen LogP contribution >= 0.6 is 0 Å². The van der Waals surface area contributed by atoms with Crippen molar-refractivity contribution in [2.24, 2.45) is 0 Å². The van der Waals surface area contributed by atoms with Gasteiger partial charge in [0.2, 0.25) is 5.91 Å². The fourth-order valence-electron chi connectivity index (χ4n) is 2.83. The van der Waals surface area contributed by atoms with Gasteiger partial charge in [0, 0.05) is 31.4 Å². The Labute approximate surface area is 172 Å². The number of aromatic nitrogens is 1. The largest absolute Gasteiger partial charge is 0.382 e. The lowest BCUT2D eigenvalue weighted by Crippen LogP contribution is -2.39. The number of anilines is 1. The zero-order valence-electron chi connectivity index (χ0n) is 17.9. The van der Waals surface area contributed by atoms with Gasteiger partial charge in [-0.1, -0.05) is 38.1 Å². The molecule has 1 heterocycles. The fraction of sp³-hybridized carbons (Fsp3) is 0.500. The first kappa shape index (κ1) is 22.6. The third-order valence-corrected chi connectivity index (χ3v) is 4.44. The van der Waals surface area contributed by atoms with E-state index < -0.39 is 0 Å². The first-order chi connectivity index (χ1) is 13.7. The van der Waals surface area contributed by atoms with E-state index in [2.05, 4.69) is 31.2 Å². The minimum absolute atomic E-state index is 0.00830. The van der Waals surface area contributed by atoms with Crippen LogP contribution in [0.25, 0.3) is 0 Å². The molecule has 0 aliphatic rings. The topological polar surface area (TPSA) is 84.7 Å². The Balaban J connectivity index is 2.08. The molecule has 0 saturated heterocycles. The highest BCUT2D eigenvalue weighted by Crippen LogP contribution is 2.22. The van der Waals surface area contributed by atoms with Crippen LogP contribution < -0.4 is 5.32 Å². The molecule has 2 rings (SSSR count). The van der Waals surface area contributed by atoms with Gasteiger partial charge in [0.05, 0.1) is 0 Å². The van der Waals surface area contributed by atoms with Crippen LogP contribution in [0.5, 0.6) is 0 Å². The molecule has 2 aromatic rings. The van der Waals surface area contributed by atoms with Crippen LogP contribution in [0, 0.1) is 6.92 Å². The number of hydrogen-bond acceptors (Lipinski definition) is 5. The van der Waals surface area contributed by atoms with Gasteiger partial charge in [0.25, 0.3) is 5.91 Å². The summed E-state index contributed by atoms with van der Waals surface area (Å²) in [5, 5.41) is 6.42. The van der Waals surface area contributed by atoms with Gasteiger partial charge in [-0.2, -0.15) is 0 Å². The third kappa shape index (κ3) is 7.02. The van der Waals surface area contributed by atoms with Crippen LogP contribution in [0.4, 0.5) is 5.82 Å². The summed E-state index contributed by atoms with van der Waals surface area (Å²) in [5.41, 5.74) is 1.71. The average molecular weight is 402 g/mol. The molecule has 0 fully saturated rings. The number of carbonyl (C=O) groups is 2. The number of amides is 2. The molecule has 0 spiro atoms. The molecule has 0 aliphatic heterocycles. The lowest BCUT2D eigenvalue weighted by molar-refractivity contribution is -0.117. The molecule has 1 aromatic heterocycles. The van der Waals surface area contributed by atoms with Crippen molar-refractivity contribution in [3.63, 3.8) is 0 Å². The van der Waals surface area contributed by atoms with Crippen LogP contribution in [0.1, 0.15) is 55.8 Å². The minimum Gasteiger partial charge on any atom is -0.382 e. The quantitative estimate of drug-likeness (QED) is 0.646. The number of ether oxygens (including phenoxy) is 1. The normalized spacial score (nSPS) is 11.3. The summed E-state index contributed by atoms with van der Waals surface area (Å²) in [6.07, 6.45) is 0.649. The highest BCUT2D eigenvalue weighted by Gasteiger charge is 2.20. The predicted molar refractivity (Wildman–Crippen MR) is 112 cm³/mol. The molecular formula is C22H31N3O4. The molecule has 0 radical (unpaired) electrons. The number of aryl methyl sites for hydroxylation is 1. The van der Waals surface area contributed by atoms with Crippen LogP contribution in [0.3, 0.4) is 0 Å². The van der Waals surface area contributed by atoms with Crippen molar-refractivity contribution < 1.29 is 18.8 Å². The maximum atomic E-state index is 13.0. The van der Waals surface area contributed by atoms with Crippen molar-refractivity contribution in [2.75, 3.05) is 31.6 Å². The van der Waals surface area contributed by atoms with Crippen molar-refractivity contribution >= 4 is 17.6 Å². The summed E-state index contributed by atoms with van der Waals surface area (Å²) in [7, 11) is 0. The smallest absolute Gasteiger partial charge is 0.254 e. The summed E-state index contributed by atoms with van der Waals surface area (Å²) in [5.74, 6) is 0.426. The first-order valence-corrected chi connectivity index (χ1v) is 9.91. The Hall–Kier alpha value is -2.67. The molecule has 1 N–H and O–H groups in total. The zero-order chi connectivity index (χ0) is 21.4. The summed E-state index contributed by atoms with van der Waals surface area (Å²) in [4.78, 5) is 27.0. The van der Waals surface area contributed by atoms with Gasteiger partial charge in [-0.3, -0.25) is 9.59 Å². The molecule has 2 amide bonds. The van der Waals surface area contributed by atoms with E-state index in [0.717, 1.165) is 5.56 Å². The summed E-state index contributed by atoms with van der Waals surface area (Å²) in [6.45, 7) is 11.5. The number of carbonyl (C=O) groups excluding carboxylic acids is 2. The van der Waals surface area contributed by atoms with Gasteiger partial charge < -0.3 is 19.5 Å². The van der Waals surface area contributed by atoms with Gasteiger partial charge in [-0.05, 0) is 43.4 Å². The van der Waals surface area contributed by atoms with Crippen molar-refractivity contribution in [3.8, 4) is 0 Å². The third-order valence-electron chi connectivity index (χ3n) is 4.44. The molecule has 158 valence electrons. The zero-order valence-corrected chi connectivity index (χ0v) is 17.9. The van der Waals surface area contributed by atoms with E-state index in [0.29, 0.717) is 43.3 Å². The summed E-state index contributed by atoms with van der Waals surface area (Å²) in [6, 6.07) is 9.19. The number of nitrogens with one attached hydrogen (secondary N) is 1. The highest BCUT2D eigenvalue weighted by atomic mass is 16.5. The van der Waals surface area contributed by atoms with E-state index in [4.69, 9.17) is 9.26 Å². The number of nitrogens with zero attached hydrogens (tertiary/aromatic N) is 2. The molecule has 29 heavy (non-hydrogen) atoms. The van der Waals surface area contributed by atoms with Crippen molar-refractivity contribution in [2.45, 2.75) is 46.5 Å². The molecule has 0 saturated carbocycles. The van der Waals surface area contributed by atoms with Gasteiger partial charge in [0.15, 0.2) is 5.82 Å². The standard InChI is InChI=1S/C22H31N3O4/c1-6-28-13-7-12-25(15-20(26)23-19-14-16(2)29-24-19)21(27)17-8-10-18(11-9-17)22(3,4)5/h8-11,14H,6-7,12-13,15H2,1-5H3,(H,23,24,26). The number of rotatable bonds is 9. The second kappa shape index (κ2) is 10.2. The summed E-state index contributed by atoms with van der Waals surface area (Å²) < 4.78 is 10.3. The lowest BCUT2D eigenvalue weighted by Gasteiger charge is -2.23. The Morgan fingerprint density at radius 2 is 1.90 bits per heavy atom. The van der Waals surface area contributed by atoms with Crippen LogP contribution in [-0.2, 0) is 14.9 Å². The van der Waals surface area contributed by atoms with Gasteiger partial charge >= 0.3 is 0 Å². The second-order valence-electron chi connectivity index (χ2n) is 7.98.